The first-order valence-corrected chi connectivity index (χ1v) is 6.83. The fraction of sp³-hybridized carbons (Fsp3) is 0.300. The van der Waals surface area contributed by atoms with Gasteiger partial charge in [-0.3, -0.25) is 0 Å². The molecule has 1 aromatic rings. The van der Waals surface area contributed by atoms with Gasteiger partial charge in [-0.2, -0.15) is 13.2 Å². The Labute approximate surface area is 113 Å². The average Bonchev–Trinajstić information content (AvgIpc) is 2.32. The minimum absolute atomic E-state index is 0.0470. The molecular weight excluding hydrogens is 299 g/mol. The third-order valence-electron chi connectivity index (χ3n) is 2.15. The number of hydrogen-bond donors (Lipinski definition) is 3. The lowest BCUT2D eigenvalue weighted by molar-refractivity contribution is -0.122. The van der Waals surface area contributed by atoms with Gasteiger partial charge < -0.3 is 10.6 Å². The molecule has 112 valence electrons. The highest BCUT2D eigenvalue weighted by atomic mass is 32.2. The zero-order chi connectivity index (χ0) is 15.4. The second-order valence-corrected chi connectivity index (χ2v) is 5.40. The SMILES string of the molecule is NS(=O)(=O)c1ccc(CNC(=O)NCC(F)(F)F)cc1. The molecule has 0 atom stereocenters. The van der Waals surface area contributed by atoms with Crippen LogP contribution in [-0.4, -0.2) is 27.2 Å². The van der Waals surface area contributed by atoms with Gasteiger partial charge in [0.05, 0.1) is 4.90 Å². The molecule has 0 radical (unpaired) electrons. The molecule has 0 unspecified atom stereocenters. The van der Waals surface area contributed by atoms with E-state index >= 15 is 0 Å². The summed E-state index contributed by atoms with van der Waals surface area (Å²) in [6.45, 7) is -1.47. The van der Waals surface area contributed by atoms with Crippen molar-refractivity contribution in [3.8, 4) is 0 Å². The summed E-state index contributed by atoms with van der Waals surface area (Å²) in [5.74, 6) is 0. The van der Waals surface area contributed by atoms with Crippen LogP contribution in [0.3, 0.4) is 0 Å². The van der Waals surface area contributed by atoms with Crippen molar-refractivity contribution in [2.24, 2.45) is 5.14 Å². The molecular formula is C10H12F3N3O3S. The van der Waals surface area contributed by atoms with Crippen LogP contribution in [0.15, 0.2) is 29.2 Å². The van der Waals surface area contributed by atoms with E-state index < -0.39 is 28.8 Å². The fourth-order valence-corrected chi connectivity index (χ4v) is 1.74. The fourth-order valence-electron chi connectivity index (χ4n) is 1.22. The molecule has 0 bridgehead atoms. The van der Waals surface area contributed by atoms with Gasteiger partial charge in [0.25, 0.3) is 0 Å². The first kappa shape index (κ1) is 16.2. The second-order valence-electron chi connectivity index (χ2n) is 3.84. The Hall–Kier alpha value is -1.81. The summed E-state index contributed by atoms with van der Waals surface area (Å²) in [5.41, 5.74) is 0.513. The lowest BCUT2D eigenvalue weighted by Gasteiger charge is -2.10. The van der Waals surface area contributed by atoms with Crippen LogP contribution in [0, 0.1) is 0 Å². The Morgan fingerprint density at radius 3 is 2.15 bits per heavy atom. The summed E-state index contributed by atoms with van der Waals surface area (Å²) in [6.07, 6.45) is -4.48. The molecule has 0 fully saturated rings. The van der Waals surface area contributed by atoms with Crippen LogP contribution in [0.1, 0.15) is 5.56 Å². The Morgan fingerprint density at radius 2 is 1.70 bits per heavy atom. The van der Waals surface area contributed by atoms with Crippen molar-refractivity contribution >= 4 is 16.1 Å². The van der Waals surface area contributed by atoms with Crippen molar-refractivity contribution in [3.63, 3.8) is 0 Å². The molecule has 20 heavy (non-hydrogen) atoms. The van der Waals surface area contributed by atoms with Gasteiger partial charge in [-0.25, -0.2) is 18.4 Å². The maximum absolute atomic E-state index is 11.8. The van der Waals surface area contributed by atoms with Gasteiger partial charge in [-0.05, 0) is 17.7 Å². The highest BCUT2D eigenvalue weighted by Crippen LogP contribution is 2.12. The van der Waals surface area contributed by atoms with Crippen LogP contribution in [0.2, 0.25) is 0 Å². The minimum atomic E-state index is -4.48. The maximum Gasteiger partial charge on any atom is 0.405 e. The lowest BCUT2D eigenvalue weighted by Crippen LogP contribution is -2.40. The molecule has 0 aromatic heterocycles. The van der Waals surface area contributed by atoms with E-state index in [-0.39, 0.29) is 11.4 Å². The smallest absolute Gasteiger partial charge is 0.334 e. The number of carbonyl (C=O) groups is 1. The summed E-state index contributed by atoms with van der Waals surface area (Å²) >= 11 is 0. The molecule has 0 spiro atoms. The molecule has 4 N–H and O–H groups in total. The molecule has 0 saturated carbocycles. The summed E-state index contributed by atoms with van der Waals surface area (Å²) in [6, 6.07) is 4.28. The molecule has 0 aliphatic rings. The number of nitrogens with two attached hydrogens (primary N) is 1. The molecule has 0 aliphatic carbocycles. The molecule has 10 heteroatoms. The largest absolute Gasteiger partial charge is 0.405 e. The Bertz CT molecular complexity index is 570. The summed E-state index contributed by atoms with van der Waals surface area (Å²) < 4.78 is 57.4. The van der Waals surface area contributed by atoms with Crippen molar-refractivity contribution in [1.82, 2.24) is 10.6 Å². The first-order chi connectivity index (χ1) is 9.08. The summed E-state index contributed by atoms with van der Waals surface area (Å²) in [4.78, 5) is 11.0. The number of hydrogen-bond acceptors (Lipinski definition) is 3. The molecule has 0 saturated heterocycles. The van der Waals surface area contributed by atoms with Crippen molar-refractivity contribution in [3.05, 3.63) is 29.8 Å². The third-order valence-corrected chi connectivity index (χ3v) is 3.08. The van der Waals surface area contributed by atoms with Crippen LogP contribution in [0.25, 0.3) is 0 Å². The topological polar surface area (TPSA) is 101 Å². The number of halogens is 3. The number of amides is 2. The van der Waals surface area contributed by atoms with Gasteiger partial charge in [-0.1, -0.05) is 12.1 Å². The standard InChI is InChI=1S/C10H12F3N3O3S/c11-10(12,13)6-16-9(17)15-5-7-1-3-8(4-2-7)20(14,18)19/h1-4H,5-6H2,(H2,14,18,19)(H2,15,16,17). The van der Waals surface area contributed by atoms with E-state index in [1.165, 1.54) is 24.3 Å². The van der Waals surface area contributed by atoms with Crippen molar-refractivity contribution in [2.45, 2.75) is 17.6 Å². The van der Waals surface area contributed by atoms with Gasteiger partial charge in [0.1, 0.15) is 6.54 Å². The van der Waals surface area contributed by atoms with Crippen LogP contribution >= 0.6 is 0 Å². The van der Waals surface area contributed by atoms with Gasteiger partial charge in [0.15, 0.2) is 0 Å². The van der Waals surface area contributed by atoms with Crippen LogP contribution in [0.4, 0.5) is 18.0 Å². The number of nitrogens with one attached hydrogen (secondary N) is 2. The van der Waals surface area contributed by atoms with E-state index in [9.17, 15) is 26.4 Å². The monoisotopic (exact) mass is 311 g/mol. The second kappa shape index (κ2) is 6.09. The molecule has 1 aromatic carbocycles. The Kier molecular flexibility index (Phi) is 4.95. The van der Waals surface area contributed by atoms with E-state index in [1.54, 1.807) is 5.32 Å². The lowest BCUT2D eigenvalue weighted by atomic mass is 10.2. The van der Waals surface area contributed by atoms with Crippen LogP contribution in [-0.2, 0) is 16.6 Å². The number of sulfonamides is 1. The van der Waals surface area contributed by atoms with E-state index in [4.69, 9.17) is 5.14 Å². The molecule has 1 rings (SSSR count). The molecule has 2 amide bonds. The van der Waals surface area contributed by atoms with Gasteiger partial charge >= 0.3 is 12.2 Å². The van der Waals surface area contributed by atoms with Gasteiger partial charge in [0.2, 0.25) is 10.0 Å². The number of primary sulfonamides is 1. The van der Waals surface area contributed by atoms with E-state index in [2.05, 4.69) is 5.32 Å². The maximum atomic E-state index is 11.8. The average molecular weight is 311 g/mol. The highest BCUT2D eigenvalue weighted by Gasteiger charge is 2.27. The van der Waals surface area contributed by atoms with Crippen molar-refractivity contribution in [1.29, 1.82) is 0 Å². The number of rotatable bonds is 4. The predicted molar refractivity (Wildman–Crippen MR) is 64.1 cm³/mol. The Balaban J connectivity index is 2.48. The third kappa shape index (κ3) is 5.89. The molecule has 6 nitrogen and oxygen atoms in total. The van der Waals surface area contributed by atoms with Crippen molar-refractivity contribution < 1.29 is 26.4 Å². The van der Waals surface area contributed by atoms with Crippen LogP contribution in [0.5, 0.6) is 0 Å². The van der Waals surface area contributed by atoms with Crippen LogP contribution < -0.4 is 15.8 Å². The van der Waals surface area contributed by atoms with Crippen molar-refractivity contribution in [2.75, 3.05) is 6.54 Å². The zero-order valence-corrected chi connectivity index (χ0v) is 10.9. The molecule has 0 aliphatic heterocycles. The number of urea groups is 1. The first-order valence-electron chi connectivity index (χ1n) is 5.28. The number of carbonyl (C=O) groups excluding carboxylic acids is 1. The summed E-state index contributed by atoms with van der Waals surface area (Å²) in [7, 11) is -3.80. The number of alkyl halides is 3. The van der Waals surface area contributed by atoms with E-state index in [0.29, 0.717) is 5.56 Å². The molecule has 0 heterocycles. The minimum Gasteiger partial charge on any atom is -0.334 e. The van der Waals surface area contributed by atoms with Gasteiger partial charge in [-0.15, -0.1) is 0 Å². The van der Waals surface area contributed by atoms with E-state index in [1.807, 2.05) is 0 Å². The highest BCUT2D eigenvalue weighted by molar-refractivity contribution is 7.89. The predicted octanol–water partition coefficient (Wildman–Crippen LogP) is 0.695. The Morgan fingerprint density at radius 1 is 1.15 bits per heavy atom. The zero-order valence-electron chi connectivity index (χ0n) is 10.1. The normalized spacial score (nSPS) is 12.0. The number of benzene rings is 1. The summed E-state index contributed by atoms with van der Waals surface area (Å²) in [5, 5.41) is 8.73. The van der Waals surface area contributed by atoms with E-state index in [0.717, 1.165) is 0 Å². The quantitative estimate of drug-likeness (QED) is 0.762. The van der Waals surface area contributed by atoms with Gasteiger partial charge in [0, 0.05) is 6.54 Å².